The maximum Gasteiger partial charge on any atom is 0.416 e. The molecule has 0 aliphatic carbocycles. The molecule has 2 amide bonds. The lowest BCUT2D eigenvalue weighted by Crippen LogP contribution is -2.42. The van der Waals surface area contributed by atoms with Crippen molar-refractivity contribution in [3.63, 3.8) is 0 Å². The molecule has 3 N–H and O–H groups in total. The maximum absolute atomic E-state index is 13.1. The summed E-state index contributed by atoms with van der Waals surface area (Å²) in [6.07, 6.45) is -4.60. The van der Waals surface area contributed by atoms with Crippen molar-refractivity contribution in [2.45, 2.75) is 26.9 Å². The Morgan fingerprint density at radius 3 is 2.27 bits per heavy atom. The van der Waals surface area contributed by atoms with E-state index in [2.05, 4.69) is 16.9 Å². The summed E-state index contributed by atoms with van der Waals surface area (Å²) in [7, 11) is 0. The third-order valence-corrected chi connectivity index (χ3v) is 4.71. The molecular formula is C24H25F3N4O2. The van der Waals surface area contributed by atoms with Crippen LogP contribution in [0.5, 0.6) is 0 Å². The Bertz CT molecular complexity index is 1100. The molecule has 0 radical (unpaired) electrons. The molecule has 0 bridgehead atoms. The number of rotatable bonds is 6. The second kappa shape index (κ2) is 10.6. The van der Waals surface area contributed by atoms with Crippen molar-refractivity contribution in [3.8, 4) is 0 Å². The van der Waals surface area contributed by atoms with Gasteiger partial charge in [0.1, 0.15) is 11.5 Å². The second-order valence-corrected chi connectivity index (χ2v) is 7.14. The van der Waals surface area contributed by atoms with Crippen LogP contribution in [0.15, 0.2) is 83.1 Å². The van der Waals surface area contributed by atoms with Gasteiger partial charge in [0.25, 0.3) is 11.8 Å². The van der Waals surface area contributed by atoms with Crippen molar-refractivity contribution in [3.05, 3.63) is 89.3 Å². The zero-order chi connectivity index (χ0) is 24.8. The predicted molar refractivity (Wildman–Crippen MR) is 122 cm³/mol. The maximum atomic E-state index is 13.1. The van der Waals surface area contributed by atoms with Gasteiger partial charge < -0.3 is 11.1 Å². The molecule has 0 spiro atoms. The van der Waals surface area contributed by atoms with Gasteiger partial charge in [-0.25, -0.2) is 4.99 Å². The standard InChI is InChI=1S/C24H25F3N4O2/c1-5-31(21(15(2)16(3)28)30-20-12-7-6-8-13-20)23(33)17(4)29-22(32)18-10-9-11-19(14-18)24(25,26)27/h6-14H,4-5,28H2,1-3H3,(H,29,32)/b16-15-,30-21?. The SMILES string of the molecule is C=C(NC(=O)c1cccc(C(F)(F)F)c1)C(=O)N(CC)C(=Nc1ccccc1)/C(C)=C(/C)N. The van der Waals surface area contributed by atoms with Crippen LogP contribution in [0.4, 0.5) is 18.9 Å². The summed E-state index contributed by atoms with van der Waals surface area (Å²) in [5.74, 6) is -1.30. The van der Waals surface area contributed by atoms with Gasteiger partial charge >= 0.3 is 6.18 Å². The third kappa shape index (κ3) is 6.55. The molecule has 9 heteroatoms. The van der Waals surface area contributed by atoms with E-state index in [0.717, 1.165) is 12.1 Å². The van der Waals surface area contributed by atoms with E-state index < -0.39 is 23.6 Å². The molecule has 0 atom stereocenters. The van der Waals surface area contributed by atoms with Crippen molar-refractivity contribution in [2.24, 2.45) is 10.7 Å². The summed E-state index contributed by atoms with van der Waals surface area (Å²) in [6, 6.07) is 12.8. The van der Waals surface area contributed by atoms with Gasteiger partial charge in [-0.1, -0.05) is 30.8 Å². The number of nitrogens with one attached hydrogen (secondary N) is 1. The van der Waals surface area contributed by atoms with Crippen molar-refractivity contribution >= 4 is 23.3 Å². The molecule has 0 aliphatic heterocycles. The average Bonchev–Trinajstić information content (AvgIpc) is 2.78. The number of alkyl halides is 3. The molecule has 0 unspecified atom stereocenters. The Balaban J connectivity index is 2.32. The first kappa shape index (κ1) is 25.4. The number of amides is 2. The minimum absolute atomic E-state index is 0.174. The Labute approximate surface area is 190 Å². The van der Waals surface area contributed by atoms with Gasteiger partial charge in [0, 0.05) is 23.4 Å². The number of halogens is 3. The topological polar surface area (TPSA) is 87.8 Å². The number of nitrogens with zero attached hydrogens (tertiary/aromatic N) is 2. The molecule has 6 nitrogen and oxygen atoms in total. The number of aliphatic imine (C=N–C) groups is 1. The molecule has 0 aliphatic rings. The molecule has 0 fully saturated rings. The van der Waals surface area contributed by atoms with Crippen LogP contribution in [0.1, 0.15) is 36.7 Å². The number of para-hydroxylation sites is 1. The number of carbonyl (C=O) groups excluding carboxylic acids is 2. The lowest BCUT2D eigenvalue weighted by Gasteiger charge is -2.25. The fourth-order valence-corrected chi connectivity index (χ4v) is 2.80. The highest BCUT2D eigenvalue weighted by Gasteiger charge is 2.31. The molecule has 2 aromatic rings. The van der Waals surface area contributed by atoms with Crippen molar-refractivity contribution in [1.29, 1.82) is 0 Å². The van der Waals surface area contributed by atoms with Gasteiger partial charge in [0.2, 0.25) is 0 Å². The molecule has 2 rings (SSSR count). The van der Waals surface area contributed by atoms with E-state index in [1.165, 1.54) is 11.0 Å². The fraction of sp³-hybridized carbons (Fsp3) is 0.208. The molecule has 2 aromatic carbocycles. The number of amidine groups is 1. The fourth-order valence-electron chi connectivity index (χ4n) is 2.80. The molecule has 0 aromatic heterocycles. The van der Waals surface area contributed by atoms with Crippen molar-refractivity contribution in [2.75, 3.05) is 6.54 Å². The highest BCUT2D eigenvalue weighted by Crippen LogP contribution is 2.29. The first-order valence-electron chi connectivity index (χ1n) is 10.0. The Hall–Kier alpha value is -3.88. The van der Waals surface area contributed by atoms with E-state index in [0.29, 0.717) is 23.0 Å². The number of carbonyl (C=O) groups is 2. The summed E-state index contributed by atoms with van der Waals surface area (Å²) in [6.45, 7) is 8.86. The van der Waals surface area contributed by atoms with E-state index in [9.17, 15) is 22.8 Å². The molecule has 0 saturated heterocycles. The summed E-state index contributed by atoms with van der Waals surface area (Å²) in [4.78, 5) is 31.4. The Kier molecular flexibility index (Phi) is 8.17. The van der Waals surface area contributed by atoms with E-state index in [1.807, 2.05) is 6.07 Å². The average molecular weight is 458 g/mol. The number of allylic oxidation sites excluding steroid dienone is 1. The van der Waals surface area contributed by atoms with Crippen molar-refractivity contribution in [1.82, 2.24) is 10.2 Å². The van der Waals surface area contributed by atoms with E-state index in [1.54, 1.807) is 45.0 Å². The largest absolute Gasteiger partial charge is 0.416 e. The first-order chi connectivity index (χ1) is 15.5. The highest BCUT2D eigenvalue weighted by atomic mass is 19.4. The van der Waals surface area contributed by atoms with Crippen LogP contribution in [0, 0.1) is 0 Å². The number of hydrogen-bond acceptors (Lipinski definition) is 4. The minimum Gasteiger partial charge on any atom is -0.402 e. The second-order valence-electron chi connectivity index (χ2n) is 7.14. The molecule has 33 heavy (non-hydrogen) atoms. The molecule has 174 valence electrons. The minimum atomic E-state index is -4.60. The van der Waals surface area contributed by atoms with Crippen LogP contribution in [-0.2, 0) is 11.0 Å². The van der Waals surface area contributed by atoms with Gasteiger partial charge in [-0.3, -0.25) is 14.5 Å². The number of likely N-dealkylation sites (N-methyl/N-ethyl adjacent to an activating group) is 1. The van der Waals surface area contributed by atoms with Crippen LogP contribution >= 0.6 is 0 Å². The van der Waals surface area contributed by atoms with Crippen LogP contribution in [0.2, 0.25) is 0 Å². The summed E-state index contributed by atoms with van der Waals surface area (Å²) >= 11 is 0. The smallest absolute Gasteiger partial charge is 0.402 e. The van der Waals surface area contributed by atoms with Crippen LogP contribution < -0.4 is 11.1 Å². The van der Waals surface area contributed by atoms with Gasteiger partial charge in [-0.2, -0.15) is 13.2 Å². The number of nitrogens with two attached hydrogens (primary N) is 1. The van der Waals surface area contributed by atoms with E-state index in [-0.39, 0.29) is 23.6 Å². The van der Waals surface area contributed by atoms with Crippen LogP contribution in [0.25, 0.3) is 0 Å². The lowest BCUT2D eigenvalue weighted by molar-refractivity contribution is -0.137. The molecule has 0 saturated carbocycles. The van der Waals surface area contributed by atoms with E-state index in [4.69, 9.17) is 5.73 Å². The lowest BCUT2D eigenvalue weighted by atomic mass is 10.1. The third-order valence-electron chi connectivity index (χ3n) is 4.71. The first-order valence-corrected chi connectivity index (χ1v) is 10.0. The number of hydrogen-bond donors (Lipinski definition) is 2. The van der Waals surface area contributed by atoms with E-state index >= 15 is 0 Å². The Morgan fingerprint density at radius 2 is 1.73 bits per heavy atom. The molecular weight excluding hydrogens is 433 g/mol. The monoisotopic (exact) mass is 458 g/mol. The van der Waals surface area contributed by atoms with Gasteiger partial charge in [0.05, 0.1) is 11.3 Å². The Morgan fingerprint density at radius 1 is 1.09 bits per heavy atom. The van der Waals surface area contributed by atoms with Gasteiger partial charge in [0.15, 0.2) is 0 Å². The zero-order valence-electron chi connectivity index (χ0n) is 18.5. The normalized spacial score (nSPS) is 12.6. The molecule has 0 heterocycles. The predicted octanol–water partition coefficient (Wildman–Crippen LogP) is 4.78. The summed E-state index contributed by atoms with van der Waals surface area (Å²) in [5, 5.41) is 2.28. The highest BCUT2D eigenvalue weighted by molar-refractivity contribution is 6.14. The quantitative estimate of drug-likeness (QED) is 0.371. The number of benzene rings is 2. The van der Waals surface area contributed by atoms with Crippen molar-refractivity contribution < 1.29 is 22.8 Å². The summed E-state index contributed by atoms with van der Waals surface area (Å²) in [5.41, 5.74) is 5.96. The van der Waals surface area contributed by atoms with Crippen LogP contribution in [-0.4, -0.2) is 29.1 Å². The summed E-state index contributed by atoms with van der Waals surface area (Å²) < 4.78 is 38.8. The zero-order valence-corrected chi connectivity index (χ0v) is 18.5. The van der Waals surface area contributed by atoms with Crippen LogP contribution in [0.3, 0.4) is 0 Å². The van der Waals surface area contributed by atoms with Gasteiger partial charge in [-0.05, 0) is 51.1 Å². The van der Waals surface area contributed by atoms with Gasteiger partial charge in [-0.15, -0.1) is 0 Å².